The minimum Gasteiger partial charge on any atom is -0.356 e. The topological polar surface area (TPSA) is 57.3 Å². The van der Waals surface area contributed by atoms with Crippen LogP contribution in [0, 0.1) is 0 Å². The molecule has 128 valence electrons. The van der Waals surface area contributed by atoms with Gasteiger partial charge >= 0.3 is 0 Å². The number of rotatable bonds is 8. The molecule has 0 unspecified atom stereocenters. The van der Waals surface area contributed by atoms with E-state index >= 15 is 0 Å². The minimum absolute atomic E-state index is 0. The molecule has 0 bridgehead atoms. The largest absolute Gasteiger partial charge is 0.356 e. The summed E-state index contributed by atoms with van der Waals surface area (Å²) in [6, 6.07) is 0. The average Bonchev–Trinajstić information content (AvgIpc) is 3.09. The van der Waals surface area contributed by atoms with Gasteiger partial charge in [-0.25, -0.2) is 4.98 Å². The average molecular weight is 369 g/mol. The molecule has 1 aromatic heterocycles. The van der Waals surface area contributed by atoms with Crippen LogP contribution in [0.3, 0.4) is 0 Å². The monoisotopic (exact) mass is 368 g/mol. The Morgan fingerprint density at radius 2 is 2.05 bits per heavy atom. The Morgan fingerprint density at radius 1 is 1.32 bits per heavy atom. The number of anilines is 1. The highest BCUT2D eigenvalue weighted by Gasteiger charge is 2.15. The predicted octanol–water partition coefficient (Wildman–Crippen LogP) is 2.25. The van der Waals surface area contributed by atoms with Gasteiger partial charge in [0.25, 0.3) is 0 Å². The summed E-state index contributed by atoms with van der Waals surface area (Å²) in [6.07, 6.45) is 4.85. The summed E-state index contributed by atoms with van der Waals surface area (Å²) in [6.45, 7) is 3.84. The van der Waals surface area contributed by atoms with Gasteiger partial charge in [-0.3, -0.25) is 4.79 Å². The Hall–Kier alpha value is -0.560. The number of halogens is 2. The molecule has 1 fully saturated rings. The lowest BCUT2D eigenvalue weighted by Crippen LogP contribution is -2.26. The van der Waals surface area contributed by atoms with Gasteiger partial charge in [0.2, 0.25) is 5.91 Å². The van der Waals surface area contributed by atoms with Crippen LogP contribution in [-0.4, -0.2) is 44.1 Å². The molecule has 2 N–H and O–H groups in total. The molecule has 1 amide bonds. The van der Waals surface area contributed by atoms with Gasteiger partial charge in [0.05, 0.1) is 5.69 Å². The smallest absolute Gasteiger partial charge is 0.220 e. The fraction of sp³-hybridized carbons (Fsp3) is 0.714. The van der Waals surface area contributed by atoms with Crippen molar-refractivity contribution in [1.29, 1.82) is 0 Å². The molecular formula is C14H26Cl2N4OS. The van der Waals surface area contributed by atoms with Gasteiger partial charge in [0.15, 0.2) is 5.13 Å². The minimum atomic E-state index is 0. The Morgan fingerprint density at radius 3 is 2.73 bits per heavy atom. The Balaban J connectivity index is 0.00000220. The first-order valence-electron chi connectivity index (χ1n) is 7.40. The first kappa shape index (κ1) is 21.4. The molecule has 0 aliphatic carbocycles. The predicted molar refractivity (Wildman–Crippen MR) is 97.9 cm³/mol. The molecule has 0 radical (unpaired) electrons. The summed E-state index contributed by atoms with van der Waals surface area (Å²) in [4.78, 5) is 18.6. The Bertz CT molecular complexity index is 425. The van der Waals surface area contributed by atoms with E-state index in [-0.39, 0.29) is 30.7 Å². The van der Waals surface area contributed by atoms with E-state index in [1.807, 2.05) is 7.05 Å². The van der Waals surface area contributed by atoms with E-state index in [1.54, 1.807) is 11.3 Å². The maximum absolute atomic E-state index is 11.6. The van der Waals surface area contributed by atoms with Gasteiger partial charge in [-0.1, -0.05) is 0 Å². The van der Waals surface area contributed by atoms with Crippen LogP contribution >= 0.6 is 36.2 Å². The van der Waals surface area contributed by atoms with Crippen molar-refractivity contribution < 1.29 is 4.79 Å². The molecule has 0 saturated carbocycles. The van der Waals surface area contributed by atoms with Crippen molar-refractivity contribution in [2.75, 3.05) is 38.1 Å². The summed E-state index contributed by atoms with van der Waals surface area (Å²) < 4.78 is 0. The molecule has 5 nitrogen and oxygen atoms in total. The van der Waals surface area contributed by atoms with Crippen LogP contribution in [0.25, 0.3) is 0 Å². The van der Waals surface area contributed by atoms with Crippen molar-refractivity contribution >= 4 is 47.2 Å². The summed E-state index contributed by atoms with van der Waals surface area (Å²) in [5.74, 6) is 0.134. The summed E-state index contributed by atoms with van der Waals surface area (Å²) >= 11 is 1.72. The second-order valence-electron chi connectivity index (χ2n) is 5.12. The summed E-state index contributed by atoms with van der Waals surface area (Å²) in [5, 5.41) is 9.24. The molecule has 22 heavy (non-hydrogen) atoms. The zero-order valence-electron chi connectivity index (χ0n) is 13.0. The van der Waals surface area contributed by atoms with E-state index in [1.165, 1.54) is 12.8 Å². The lowest BCUT2D eigenvalue weighted by Gasteiger charge is -2.12. The van der Waals surface area contributed by atoms with Crippen molar-refractivity contribution in [3.63, 3.8) is 0 Å². The second-order valence-corrected chi connectivity index (χ2v) is 5.96. The van der Waals surface area contributed by atoms with Crippen molar-refractivity contribution in [1.82, 2.24) is 15.6 Å². The third kappa shape index (κ3) is 7.13. The van der Waals surface area contributed by atoms with Gasteiger partial charge in [-0.2, -0.15) is 0 Å². The molecule has 0 aromatic carbocycles. The van der Waals surface area contributed by atoms with E-state index < -0.39 is 0 Å². The maximum atomic E-state index is 11.6. The first-order chi connectivity index (χ1) is 9.79. The van der Waals surface area contributed by atoms with Crippen LogP contribution in [0.5, 0.6) is 0 Å². The number of carbonyl (C=O) groups excluding carboxylic acids is 1. The lowest BCUT2D eigenvalue weighted by molar-refractivity contribution is -0.121. The van der Waals surface area contributed by atoms with Crippen LogP contribution < -0.4 is 15.5 Å². The first-order valence-corrected chi connectivity index (χ1v) is 8.28. The molecular weight excluding hydrogens is 343 g/mol. The van der Waals surface area contributed by atoms with Crippen LogP contribution in [0.1, 0.15) is 31.4 Å². The maximum Gasteiger partial charge on any atom is 0.220 e. The third-order valence-electron chi connectivity index (χ3n) is 3.45. The molecule has 1 aliphatic rings. The molecule has 1 saturated heterocycles. The molecule has 1 aliphatic heterocycles. The third-order valence-corrected chi connectivity index (χ3v) is 4.40. The highest BCUT2D eigenvalue weighted by molar-refractivity contribution is 7.13. The molecule has 0 atom stereocenters. The summed E-state index contributed by atoms with van der Waals surface area (Å²) in [5.41, 5.74) is 1.09. The van der Waals surface area contributed by atoms with Crippen molar-refractivity contribution in [2.24, 2.45) is 0 Å². The van der Waals surface area contributed by atoms with Crippen LogP contribution in [0.15, 0.2) is 5.38 Å². The highest BCUT2D eigenvalue weighted by atomic mass is 35.5. The van der Waals surface area contributed by atoms with E-state index in [0.717, 1.165) is 43.3 Å². The van der Waals surface area contributed by atoms with Gasteiger partial charge in [-0.15, -0.1) is 36.2 Å². The highest BCUT2D eigenvalue weighted by Crippen LogP contribution is 2.24. The summed E-state index contributed by atoms with van der Waals surface area (Å²) in [7, 11) is 1.90. The number of hydrogen-bond donors (Lipinski definition) is 2. The normalized spacial score (nSPS) is 13.4. The Kier molecular flexibility index (Phi) is 11.6. The van der Waals surface area contributed by atoms with Gasteiger partial charge in [0, 0.05) is 37.9 Å². The quantitative estimate of drug-likeness (QED) is 0.690. The number of carbonyl (C=O) groups is 1. The van der Waals surface area contributed by atoms with E-state index in [9.17, 15) is 4.79 Å². The standard InChI is InChI=1S/C14H24N4OS.2ClH/c1-15-7-4-5-13(19)16-8-6-12-11-20-14(17-12)18-9-2-3-10-18;;/h11,15H,2-10H2,1H3,(H,16,19);2*1H. The SMILES string of the molecule is CNCCCC(=O)NCCc1csc(N2CCCC2)n1.Cl.Cl. The molecule has 8 heteroatoms. The molecule has 1 aromatic rings. The molecule has 2 heterocycles. The van der Waals surface area contributed by atoms with E-state index in [2.05, 4.69) is 25.9 Å². The number of thiazole rings is 1. The molecule has 0 spiro atoms. The number of amides is 1. The zero-order valence-corrected chi connectivity index (χ0v) is 15.4. The Labute approximate surface area is 149 Å². The number of nitrogens with zero attached hydrogens (tertiary/aromatic N) is 2. The van der Waals surface area contributed by atoms with E-state index in [4.69, 9.17) is 0 Å². The number of nitrogens with one attached hydrogen (secondary N) is 2. The lowest BCUT2D eigenvalue weighted by atomic mass is 10.3. The number of aromatic nitrogens is 1. The molecule has 2 rings (SSSR count). The van der Waals surface area contributed by atoms with Crippen molar-refractivity contribution in [3.05, 3.63) is 11.1 Å². The fourth-order valence-electron chi connectivity index (χ4n) is 2.31. The van der Waals surface area contributed by atoms with Gasteiger partial charge < -0.3 is 15.5 Å². The fourth-order valence-corrected chi connectivity index (χ4v) is 3.22. The van der Waals surface area contributed by atoms with Crippen LogP contribution in [-0.2, 0) is 11.2 Å². The zero-order chi connectivity index (χ0) is 14.2. The van der Waals surface area contributed by atoms with E-state index in [0.29, 0.717) is 13.0 Å². The van der Waals surface area contributed by atoms with Gasteiger partial charge in [-0.05, 0) is 32.9 Å². The number of hydrogen-bond acceptors (Lipinski definition) is 5. The van der Waals surface area contributed by atoms with Crippen molar-refractivity contribution in [3.8, 4) is 0 Å². The van der Waals surface area contributed by atoms with Crippen LogP contribution in [0.4, 0.5) is 5.13 Å². The van der Waals surface area contributed by atoms with Crippen molar-refractivity contribution in [2.45, 2.75) is 32.1 Å². The van der Waals surface area contributed by atoms with Gasteiger partial charge in [0.1, 0.15) is 0 Å². The van der Waals surface area contributed by atoms with Crippen LogP contribution in [0.2, 0.25) is 0 Å². The second kappa shape index (κ2) is 11.9.